The van der Waals surface area contributed by atoms with Crippen molar-refractivity contribution in [2.75, 3.05) is 18.6 Å². The first kappa shape index (κ1) is 18.4. The fourth-order valence-corrected chi connectivity index (χ4v) is 4.92. The van der Waals surface area contributed by atoms with Gasteiger partial charge in [-0.25, -0.2) is 4.90 Å². The molecular weight excluding hydrogens is 434 g/mol. The van der Waals surface area contributed by atoms with E-state index in [1.165, 1.54) is 16.2 Å². The summed E-state index contributed by atoms with van der Waals surface area (Å²) in [5, 5.41) is 1.16. The van der Waals surface area contributed by atoms with Crippen LogP contribution in [0.2, 0.25) is 0 Å². The number of imide groups is 1. The van der Waals surface area contributed by atoms with Crippen molar-refractivity contribution >= 4 is 44.3 Å². The van der Waals surface area contributed by atoms with E-state index in [4.69, 9.17) is 4.74 Å². The van der Waals surface area contributed by atoms with Crippen molar-refractivity contribution in [3.63, 3.8) is 0 Å². The van der Waals surface area contributed by atoms with Crippen molar-refractivity contribution < 1.29 is 14.3 Å². The minimum Gasteiger partial charge on any atom is -0.495 e. The highest BCUT2D eigenvalue weighted by Gasteiger charge is 2.44. The van der Waals surface area contributed by atoms with Crippen molar-refractivity contribution in [2.45, 2.75) is 25.4 Å². The normalized spacial score (nSPS) is 19.8. The third-order valence-corrected chi connectivity index (χ3v) is 6.54. The van der Waals surface area contributed by atoms with E-state index in [2.05, 4.69) is 31.9 Å². The molecular formula is C22H20BrN3O3. The van der Waals surface area contributed by atoms with Crippen LogP contribution in [0.25, 0.3) is 10.9 Å². The Labute approximate surface area is 176 Å². The molecule has 0 aliphatic carbocycles. The van der Waals surface area contributed by atoms with Crippen LogP contribution in [0.3, 0.4) is 0 Å². The average Bonchev–Trinajstić information content (AvgIpc) is 3.25. The number of H-pyrrole nitrogens is 1. The number of rotatable bonds is 3. The van der Waals surface area contributed by atoms with E-state index in [0.717, 1.165) is 28.3 Å². The summed E-state index contributed by atoms with van der Waals surface area (Å²) in [4.78, 5) is 32.9. The monoisotopic (exact) mass is 453 g/mol. The summed E-state index contributed by atoms with van der Waals surface area (Å²) in [6, 6.07) is 12.8. The van der Waals surface area contributed by atoms with Crippen LogP contribution in [0.5, 0.6) is 5.75 Å². The Morgan fingerprint density at radius 1 is 1.14 bits per heavy atom. The number of hydrogen-bond donors (Lipinski definition) is 1. The van der Waals surface area contributed by atoms with Gasteiger partial charge in [0, 0.05) is 35.1 Å². The molecule has 2 aliphatic rings. The van der Waals surface area contributed by atoms with Crippen LogP contribution >= 0.6 is 15.9 Å². The van der Waals surface area contributed by atoms with Crippen LogP contribution in [0, 0.1) is 0 Å². The van der Waals surface area contributed by atoms with Crippen molar-refractivity contribution in [1.82, 2.24) is 9.88 Å². The summed E-state index contributed by atoms with van der Waals surface area (Å²) < 4.78 is 6.40. The van der Waals surface area contributed by atoms with Gasteiger partial charge >= 0.3 is 0 Å². The highest BCUT2D eigenvalue weighted by Crippen LogP contribution is 2.36. The summed E-state index contributed by atoms with van der Waals surface area (Å²) in [5.74, 6) is 0.165. The van der Waals surface area contributed by atoms with Crippen LogP contribution in [0.4, 0.5) is 5.69 Å². The zero-order valence-electron chi connectivity index (χ0n) is 15.9. The average molecular weight is 454 g/mol. The number of aromatic nitrogens is 1. The van der Waals surface area contributed by atoms with E-state index in [1.807, 2.05) is 24.3 Å². The van der Waals surface area contributed by atoms with Crippen molar-refractivity contribution in [3.05, 3.63) is 58.2 Å². The Balaban J connectivity index is 1.46. The molecule has 2 aliphatic heterocycles. The summed E-state index contributed by atoms with van der Waals surface area (Å²) in [5.41, 5.74) is 4.02. The fraction of sp³-hybridized carbons (Fsp3) is 0.273. The molecule has 1 atom stereocenters. The van der Waals surface area contributed by atoms with Gasteiger partial charge in [0.2, 0.25) is 5.91 Å². The molecule has 2 amide bonds. The van der Waals surface area contributed by atoms with Gasteiger partial charge < -0.3 is 9.72 Å². The summed E-state index contributed by atoms with van der Waals surface area (Å²) >= 11 is 3.61. The molecule has 0 spiro atoms. The number of ether oxygens (including phenoxy) is 1. The van der Waals surface area contributed by atoms with E-state index in [-0.39, 0.29) is 18.2 Å². The first-order valence-corrected chi connectivity index (χ1v) is 10.4. The van der Waals surface area contributed by atoms with Gasteiger partial charge in [0.05, 0.1) is 30.8 Å². The lowest BCUT2D eigenvalue weighted by Crippen LogP contribution is -2.44. The Hall–Kier alpha value is -2.64. The largest absolute Gasteiger partial charge is 0.495 e. The Morgan fingerprint density at radius 2 is 1.97 bits per heavy atom. The van der Waals surface area contributed by atoms with Gasteiger partial charge in [-0.2, -0.15) is 0 Å². The van der Waals surface area contributed by atoms with Gasteiger partial charge in [0.15, 0.2) is 0 Å². The predicted octanol–water partition coefficient (Wildman–Crippen LogP) is 3.63. The minimum atomic E-state index is -0.447. The second-order valence-electron chi connectivity index (χ2n) is 7.42. The third-order valence-electron chi connectivity index (χ3n) is 5.88. The second-order valence-corrected chi connectivity index (χ2v) is 8.28. The number of nitrogens with one attached hydrogen (secondary N) is 1. The minimum absolute atomic E-state index is 0.177. The molecule has 1 aromatic heterocycles. The Kier molecular flexibility index (Phi) is 4.44. The zero-order valence-corrected chi connectivity index (χ0v) is 17.5. The lowest BCUT2D eigenvalue weighted by Gasteiger charge is -2.31. The number of halogens is 1. The van der Waals surface area contributed by atoms with Crippen molar-refractivity contribution in [3.8, 4) is 5.75 Å². The molecule has 3 aromatic rings. The number of para-hydroxylation sites is 3. The van der Waals surface area contributed by atoms with Crippen molar-refractivity contribution in [1.29, 1.82) is 0 Å². The van der Waals surface area contributed by atoms with E-state index >= 15 is 0 Å². The number of hydrogen-bond acceptors (Lipinski definition) is 4. The van der Waals surface area contributed by atoms with Gasteiger partial charge in [0.1, 0.15) is 5.75 Å². The number of anilines is 1. The van der Waals surface area contributed by atoms with Crippen LogP contribution in [0.15, 0.2) is 46.9 Å². The summed E-state index contributed by atoms with van der Waals surface area (Å²) in [6.07, 6.45) is 1.02. The number of methoxy groups -OCH3 is 1. The smallest absolute Gasteiger partial charge is 0.251 e. The van der Waals surface area contributed by atoms with Gasteiger partial charge in [-0.15, -0.1) is 0 Å². The maximum absolute atomic E-state index is 13.2. The number of nitrogens with zero attached hydrogens (tertiary/aromatic N) is 2. The van der Waals surface area contributed by atoms with Crippen LogP contribution in [-0.2, 0) is 22.6 Å². The van der Waals surface area contributed by atoms with E-state index in [1.54, 1.807) is 19.2 Å². The zero-order chi connectivity index (χ0) is 20.1. The predicted molar refractivity (Wildman–Crippen MR) is 114 cm³/mol. The highest BCUT2D eigenvalue weighted by molar-refractivity contribution is 9.10. The standard InChI is InChI=1S/C22H20BrN3O3/c1-29-19-8-3-2-7-17(19)26-20(27)11-18(22(26)28)25-10-9-16-14(12-25)13-5-4-6-15(23)21(13)24-16/h2-8,18,24H,9-12H2,1H3. The number of fused-ring (bicyclic) bond motifs is 3. The Morgan fingerprint density at radius 3 is 2.79 bits per heavy atom. The Bertz CT molecular complexity index is 1140. The number of benzene rings is 2. The molecule has 2 aromatic carbocycles. The van der Waals surface area contributed by atoms with E-state index < -0.39 is 6.04 Å². The number of amides is 2. The molecule has 0 saturated carbocycles. The van der Waals surface area contributed by atoms with E-state index in [0.29, 0.717) is 18.0 Å². The SMILES string of the molecule is COc1ccccc1N1C(=O)CC(N2CCc3[nH]c4c(Br)cccc4c3C2)C1=O. The number of carbonyl (C=O) groups is 2. The molecule has 1 unspecified atom stereocenters. The molecule has 0 bridgehead atoms. The quantitative estimate of drug-likeness (QED) is 0.614. The maximum Gasteiger partial charge on any atom is 0.251 e. The van der Waals surface area contributed by atoms with Gasteiger partial charge in [-0.05, 0) is 39.7 Å². The van der Waals surface area contributed by atoms with Crippen molar-refractivity contribution in [2.24, 2.45) is 0 Å². The molecule has 148 valence electrons. The highest BCUT2D eigenvalue weighted by atomic mass is 79.9. The second kappa shape index (κ2) is 7.00. The van der Waals surface area contributed by atoms with Crippen LogP contribution in [-0.4, -0.2) is 41.4 Å². The molecule has 7 heteroatoms. The van der Waals surface area contributed by atoms with Gasteiger partial charge in [0.25, 0.3) is 5.91 Å². The van der Waals surface area contributed by atoms with Gasteiger partial charge in [-0.1, -0.05) is 24.3 Å². The molecule has 5 rings (SSSR count). The number of aromatic amines is 1. The van der Waals surface area contributed by atoms with E-state index in [9.17, 15) is 9.59 Å². The fourth-order valence-electron chi connectivity index (χ4n) is 4.46. The first-order chi connectivity index (χ1) is 14.1. The van der Waals surface area contributed by atoms with Crippen LogP contribution in [0.1, 0.15) is 17.7 Å². The molecule has 1 N–H and O–H groups in total. The molecule has 1 saturated heterocycles. The lowest BCUT2D eigenvalue weighted by molar-refractivity contribution is -0.123. The van der Waals surface area contributed by atoms with Crippen LogP contribution < -0.4 is 9.64 Å². The molecule has 3 heterocycles. The lowest BCUT2D eigenvalue weighted by atomic mass is 10.0. The molecule has 6 nitrogen and oxygen atoms in total. The topological polar surface area (TPSA) is 65.6 Å². The first-order valence-electron chi connectivity index (χ1n) is 9.60. The molecule has 29 heavy (non-hydrogen) atoms. The summed E-state index contributed by atoms with van der Waals surface area (Å²) in [6.45, 7) is 1.39. The van der Waals surface area contributed by atoms with Gasteiger partial charge in [-0.3, -0.25) is 14.5 Å². The number of carbonyl (C=O) groups excluding carboxylic acids is 2. The summed E-state index contributed by atoms with van der Waals surface area (Å²) in [7, 11) is 1.54. The molecule has 0 radical (unpaired) electrons. The third kappa shape index (κ3) is 2.88. The maximum atomic E-state index is 13.2. The molecule has 1 fully saturated rings.